The summed E-state index contributed by atoms with van der Waals surface area (Å²) in [6.07, 6.45) is 7.97. The number of rotatable bonds is 1. The molecule has 23 heavy (non-hydrogen) atoms. The minimum atomic E-state index is -0.425. The summed E-state index contributed by atoms with van der Waals surface area (Å²) in [4.78, 5) is 25.7. The maximum atomic E-state index is 13.3. The Kier molecular flexibility index (Phi) is 3.38. The molecule has 0 radical (unpaired) electrons. The van der Waals surface area contributed by atoms with Crippen LogP contribution in [-0.2, 0) is 9.59 Å². The van der Waals surface area contributed by atoms with E-state index in [9.17, 15) is 14.0 Å². The van der Waals surface area contributed by atoms with Crippen LogP contribution in [0.1, 0.15) is 58.8 Å². The molecule has 4 aliphatic rings. The van der Waals surface area contributed by atoms with Gasteiger partial charge in [0.1, 0.15) is 5.78 Å². The van der Waals surface area contributed by atoms with Crippen LogP contribution in [0.2, 0.25) is 0 Å². The first kappa shape index (κ1) is 15.5. The standard InChI is InChI=1S/C20H27FO2/c1-19-7-6-14-18(15(19)8-12(10-19)11-21)16(22)9-13-4-3-5-17(23)20(13,14)2/h9,12,14-15,18H,3-8,10-11H2,1-2H3/t12?,14-,15+,18-,19-,20+/m1/s1. The third-order valence-corrected chi connectivity index (χ3v) is 7.83. The van der Waals surface area contributed by atoms with Crippen LogP contribution in [0.25, 0.3) is 0 Å². The van der Waals surface area contributed by atoms with Gasteiger partial charge in [0.15, 0.2) is 5.78 Å². The Morgan fingerprint density at radius 1 is 1.22 bits per heavy atom. The number of ketones is 2. The summed E-state index contributed by atoms with van der Waals surface area (Å²) < 4.78 is 13.3. The van der Waals surface area contributed by atoms with Crippen molar-refractivity contribution in [2.24, 2.45) is 34.5 Å². The third-order valence-electron chi connectivity index (χ3n) is 7.83. The highest BCUT2D eigenvalue weighted by molar-refractivity contribution is 6.00. The molecule has 0 aromatic rings. The van der Waals surface area contributed by atoms with Crippen LogP contribution in [0.3, 0.4) is 0 Å². The molecule has 0 N–H and O–H groups in total. The Hall–Kier alpha value is -0.990. The van der Waals surface area contributed by atoms with E-state index >= 15 is 0 Å². The van der Waals surface area contributed by atoms with Crippen LogP contribution >= 0.6 is 0 Å². The van der Waals surface area contributed by atoms with E-state index in [1.165, 1.54) is 0 Å². The van der Waals surface area contributed by atoms with Gasteiger partial charge in [-0.1, -0.05) is 12.5 Å². The number of carbonyl (C=O) groups excluding carboxylic acids is 2. The maximum Gasteiger partial charge on any atom is 0.159 e. The molecule has 1 unspecified atom stereocenters. The maximum absolute atomic E-state index is 13.3. The van der Waals surface area contributed by atoms with Gasteiger partial charge in [-0.2, -0.15) is 0 Å². The molecule has 4 rings (SSSR count). The van der Waals surface area contributed by atoms with E-state index in [2.05, 4.69) is 13.8 Å². The number of allylic oxidation sites excluding steroid dienone is 2. The van der Waals surface area contributed by atoms with Crippen LogP contribution in [-0.4, -0.2) is 18.2 Å². The molecule has 0 aromatic heterocycles. The lowest BCUT2D eigenvalue weighted by Gasteiger charge is -2.54. The van der Waals surface area contributed by atoms with E-state index in [0.717, 1.165) is 44.1 Å². The summed E-state index contributed by atoms with van der Waals surface area (Å²) in [5.74, 6) is 1.03. The molecule has 3 heteroatoms. The molecule has 0 aliphatic heterocycles. The fraction of sp³-hybridized carbons (Fsp3) is 0.800. The second-order valence-electron chi connectivity index (χ2n) is 8.94. The van der Waals surface area contributed by atoms with E-state index < -0.39 is 5.41 Å². The van der Waals surface area contributed by atoms with E-state index in [0.29, 0.717) is 12.2 Å². The molecule has 0 amide bonds. The number of Topliss-reactive ketones (excluding diaryl/α,β-unsaturated/α-hetero) is 1. The molecule has 3 fully saturated rings. The topological polar surface area (TPSA) is 34.1 Å². The number of hydrogen-bond acceptors (Lipinski definition) is 2. The number of halogens is 1. The number of fused-ring (bicyclic) bond motifs is 5. The highest BCUT2D eigenvalue weighted by atomic mass is 19.1. The Morgan fingerprint density at radius 3 is 2.74 bits per heavy atom. The summed E-state index contributed by atoms with van der Waals surface area (Å²) in [6.45, 7) is 4.07. The van der Waals surface area contributed by atoms with Crippen LogP contribution in [0.5, 0.6) is 0 Å². The van der Waals surface area contributed by atoms with Crippen molar-refractivity contribution in [2.45, 2.75) is 58.8 Å². The Balaban J connectivity index is 1.77. The molecule has 2 nitrogen and oxygen atoms in total. The summed E-state index contributed by atoms with van der Waals surface area (Å²) in [5, 5.41) is 0. The molecule has 0 saturated heterocycles. The number of hydrogen-bond donors (Lipinski definition) is 0. The van der Waals surface area contributed by atoms with E-state index in [-0.39, 0.29) is 41.5 Å². The fourth-order valence-electron chi connectivity index (χ4n) is 6.59. The van der Waals surface area contributed by atoms with Crippen LogP contribution in [0, 0.1) is 34.5 Å². The first-order valence-electron chi connectivity index (χ1n) is 9.24. The molecular weight excluding hydrogens is 291 g/mol. The molecule has 0 aromatic carbocycles. The first-order valence-corrected chi connectivity index (χ1v) is 9.24. The van der Waals surface area contributed by atoms with E-state index in [1.54, 1.807) is 0 Å². The molecule has 6 atom stereocenters. The second kappa shape index (κ2) is 5.00. The Labute approximate surface area is 137 Å². The third kappa shape index (κ3) is 1.97. The van der Waals surface area contributed by atoms with Crippen molar-refractivity contribution in [3.05, 3.63) is 11.6 Å². The van der Waals surface area contributed by atoms with Crippen molar-refractivity contribution in [2.75, 3.05) is 6.67 Å². The molecule has 0 bridgehead atoms. The Bertz CT molecular complexity index is 594. The largest absolute Gasteiger partial charge is 0.299 e. The van der Waals surface area contributed by atoms with Crippen molar-refractivity contribution in [3.8, 4) is 0 Å². The van der Waals surface area contributed by atoms with Crippen LogP contribution in [0.4, 0.5) is 4.39 Å². The lowest BCUT2D eigenvalue weighted by molar-refractivity contribution is -0.142. The minimum Gasteiger partial charge on any atom is -0.299 e. The molecule has 0 heterocycles. The monoisotopic (exact) mass is 318 g/mol. The molecule has 4 aliphatic carbocycles. The highest BCUT2D eigenvalue weighted by Crippen LogP contribution is 2.64. The zero-order valence-corrected chi connectivity index (χ0v) is 14.2. The normalized spacial score (nSPS) is 49.3. The van der Waals surface area contributed by atoms with Gasteiger partial charge < -0.3 is 0 Å². The number of alkyl halides is 1. The smallest absolute Gasteiger partial charge is 0.159 e. The van der Waals surface area contributed by atoms with Crippen LogP contribution < -0.4 is 0 Å². The second-order valence-corrected chi connectivity index (χ2v) is 8.94. The molecule has 3 saturated carbocycles. The lowest BCUT2D eigenvalue weighted by Crippen LogP contribution is -2.54. The predicted molar refractivity (Wildman–Crippen MR) is 86.6 cm³/mol. The zero-order valence-electron chi connectivity index (χ0n) is 14.2. The van der Waals surface area contributed by atoms with Gasteiger partial charge >= 0.3 is 0 Å². The van der Waals surface area contributed by atoms with Crippen molar-refractivity contribution >= 4 is 11.6 Å². The van der Waals surface area contributed by atoms with Gasteiger partial charge in [-0.25, -0.2) is 0 Å². The lowest BCUT2D eigenvalue weighted by atomic mass is 9.47. The van der Waals surface area contributed by atoms with Gasteiger partial charge in [-0.3, -0.25) is 14.0 Å². The van der Waals surface area contributed by atoms with E-state index in [4.69, 9.17) is 0 Å². The summed E-state index contributed by atoms with van der Waals surface area (Å²) in [7, 11) is 0. The van der Waals surface area contributed by atoms with Crippen molar-refractivity contribution < 1.29 is 14.0 Å². The molecular formula is C20H27FO2. The summed E-state index contributed by atoms with van der Waals surface area (Å²) >= 11 is 0. The summed E-state index contributed by atoms with van der Waals surface area (Å²) in [6, 6.07) is 0. The van der Waals surface area contributed by atoms with Crippen molar-refractivity contribution in [1.82, 2.24) is 0 Å². The van der Waals surface area contributed by atoms with Gasteiger partial charge in [0, 0.05) is 12.3 Å². The SMILES string of the molecule is C[C@]12CC[C@@H]3[C@@H](C(=O)C=C4CCCC(=O)[C@@]43C)[C@@H]1CC(CF)C2. The van der Waals surface area contributed by atoms with Crippen molar-refractivity contribution in [3.63, 3.8) is 0 Å². The summed E-state index contributed by atoms with van der Waals surface area (Å²) in [5.41, 5.74) is 0.752. The predicted octanol–water partition coefficient (Wildman–Crippen LogP) is 4.28. The average Bonchev–Trinajstić information content (AvgIpc) is 2.87. The van der Waals surface area contributed by atoms with E-state index in [1.807, 2.05) is 6.08 Å². The average molecular weight is 318 g/mol. The highest BCUT2D eigenvalue weighted by Gasteiger charge is 2.61. The van der Waals surface area contributed by atoms with Gasteiger partial charge in [0.05, 0.1) is 12.1 Å². The zero-order chi connectivity index (χ0) is 16.4. The number of carbonyl (C=O) groups is 2. The van der Waals surface area contributed by atoms with Gasteiger partial charge in [0.2, 0.25) is 0 Å². The quantitative estimate of drug-likeness (QED) is 0.723. The van der Waals surface area contributed by atoms with Crippen LogP contribution in [0.15, 0.2) is 11.6 Å². The van der Waals surface area contributed by atoms with Gasteiger partial charge in [0.25, 0.3) is 0 Å². The first-order chi connectivity index (χ1) is 10.9. The van der Waals surface area contributed by atoms with Gasteiger partial charge in [-0.05, 0) is 74.7 Å². The van der Waals surface area contributed by atoms with Crippen molar-refractivity contribution in [1.29, 1.82) is 0 Å². The minimum absolute atomic E-state index is 0.0545. The van der Waals surface area contributed by atoms with Gasteiger partial charge in [-0.15, -0.1) is 0 Å². The molecule has 126 valence electrons. The Morgan fingerprint density at radius 2 is 2.00 bits per heavy atom. The molecule has 0 spiro atoms. The fourth-order valence-corrected chi connectivity index (χ4v) is 6.59.